The number of carbonyl (C=O) groups excluding carboxylic acids is 1. The van der Waals surface area contributed by atoms with Crippen LogP contribution in [-0.4, -0.2) is 30.8 Å². The zero-order valence-electron chi connectivity index (χ0n) is 14.6. The van der Waals surface area contributed by atoms with Crippen molar-refractivity contribution in [3.8, 4) is 0 Å². The van der Waals surface area contributed by atoms with Crippen molar-refractivity contribution in [1.29, 1.82) is 0 Å². The molecule has 140 valence electrons. The highest BCUT2D eigenvalue weighted by molar-refractivity contribution is 5.78. The van der Waals surface area contributed by atoms with Crippen LogP contribution in [-0.2, 0) is 33.9 Å². The van der Waals surface area contributed by atoms with Gasteiger partial charge in [-0.05, 0) is 36.5 Å². The van der Waals surface area contributed by atoms with Crippen molar-refractivity contribution >= 4 is 5.91 Å². The molecule has 0 bridgehead atoms. The number of benzene rings is 1. The van der Waals surface area contributed by atoms with Crippen molar-refractivity contribution < 1.29 is 23.2 Å². The highest BCUT2D eigenvalue weighted by atomic mass is 19.1. The second-order valence-corrected chi connectivity index (χ2v) is 6.44. The molecule has 1 aliphatic heterocycles. The maximum absolute atomic E-state index is 13.1. The summed E-state index contributed by atoms with van der Waals surface area (Å²) in [4.78, 5) is 12.0. The number of nitrogens with zero attached hydrogens (tertiary/aromatic N) is 1. The van der Waals surface area contributed by atoms with Crippen LogP contribution in [0.2, 0.25) is 0 Å². The van der Waals surface area contributed by atoms with E-state index < -0.39 is 0 Å². The van der Waals surface area contributed by atoms with E-state index >= 15 is 0 Å². The van der Waals surface area contributed by atoms with Gasteiger partial charge in [0.05, 0.1) is 18.7 Å². The molecule has 0 spiro atoms. The molecule has 1 aromatic heterocycles. The van der Waals surface area contributed by atoms with Crippen molar-refractivity contribution in [3.63, 3.8) is 0 Å². The smallest absolute Gasteiger partial charge is 0.226 e. The number of amides is 1. The van der Waals surface area contributed by atoms with Crippen LogP contribution in [0.4, 0.5) is 4.39 Å². The van der Waals surface area contributed by atoms with Gasteiger partial charge in [-0.1, -0.05) is 17.3 Å². The average molecular weight is 362 g/mol. The standard InChI is InChI=1S/C19H23FN2O4/c20-16-3-1-2-15(8-16)12-25-13-18-9-17(22-26-18)10-19(23)21-11-14-4-6-24-7-5-14/h1-3,8-9,14H,4-7,10-13H2,(H,21,23). The molecule has 0 atom stereocenters. The van der Waals surface area contributed by atoms with Crippen LogP contribution in [0.25, 0.3) is 0 Å². The zero-order valence-corrected chi connectivity index (χ0v) is 14.6. The number of carbonyl (C=O) groups is 1. The van der Waals surface area contributed by atoms with Crippen LogP contribution in [0.5, 0.6) is 0 Å². The number of hydrogen-bond donors (Lipinski definition) is 1. The summed E-state index contributed by atoms with van der Waals surface area (Å²) < 4.78 is 29.1. The van der Waals surface area contributed by atoms with E-state index in [-0.39, 0.29) is 31.4 Å². The van der Waals surface area contributed by atoms with Crippen molar-refractivity contribution in [2.75, 3.05) is 19.8 Å². The van der Waals surface area contributed by atoms with Crippen LogP contribution >= 0.6 is 0 Å². The van der Waals surface area contributed by atoms with Gasteiger partial charge in [-0.25, -0.2) is 4.39 Å². The quantitative estimate of drug-likeness (QED) is 0.781. The fraction of sp³-hybridized carbons (Fsp3) is 0.474. The van der Waals surface area contributed by atoms with Crippen molar-refractivity contribution in [1.82, 2.24) is 10.5 Å². The SMILES string of the molecule is O=C(Cc1cc(COCc2cccc(F)c2)on1)NCC1CCOCC1. The first-order valence-corrected chi connectivity index (χ1v) is 8.80. The lowest BCUT2D eigenvalue weighted by molar-refractivity contribution is -0.120. The Morgan fingerprint density at radius 2 is 2.12 bits per heavy atom. The summed E-state index contributed by atoms with van der Waals surface area (Å²) in [5.41, 5.74) is 1.32. The normalized spacial score (nSPS) is 15.1. The number of nitrogens with one attached hydrogen (secondary N) is 1. The summed E-state index contributed by atoms with van der Waals surface area (Å²) in [5.74, 6) is 0.655. The summed E-state index contributed by atoms with van der Waals surface area (Å²) in [5, 5.41) is 6.83. The number of hydrogen-bond acceptors (Lipinski definition) is 5. The molecule has 0 radical (unpaired) electrons. The van der Waals surface area contributed by atoms with Crippen LogP contribution in [0, 0.1) is 11.7 Å². The third-order valence-corrected chi connectivity index (χ3v) is 4.28. The molecule has 7 heteroatoms. The van der Waals surface area contributed by atoms with E-state index in [4.69, 9.17) is 14.0 Å². The third kappa shape index (κ3) is 5.93. The van der Waals surface area contributed by atoms with Gasteiger partial charge in [0.15, 0.2) is 5.76 Å². The van der Waals surface area contributed by atoms with Crippen molar-refractivity contribution in [2.24, 2.45) is 5.92 Å². The Balaban J connectivity index is 1.37. The van der Waals surface area contributed by atoms with E-state index in [2.05, 4.69) is 10.5 Å². The molecule has 1 N–H and O–H groups in total. The minimum absolute atomic E-state index is 0.0722. The number of aromatic nitrogens is 1. The largest absolute Gasteiger partial charge is 0.381 e. The molecule has 1 amide bonds. The Bertz CT molecular complexity index is 713. The van der Waals surface area contributed by atoms with Crippen LogP contribution in [0.15, 0.2) is 34.9 Å². The molecule has 1 saturated heterocycles. The fourth-order valence-electron chi connectivity index (χ4n) is 2.84. The maximum atomic E-state index is 13.1. The molecule has 26 heavy (non-hydrogen) atoms. The average Bonchev–Trinajstić information content (AvgIpc) is 3.08. The van der Waals surface area contributed by atoms with Gasteiger partial charge in [0.1, 0.15) is 12.4 Å². The summed E-state index contributed by atoms with van der Waals surface area (Å²) >= 11 is 0. The maximum Gasteiger partial charge on any atom is 0.226 e. The predicted molar refractivity (Wildman–Crippen MR) is 91.7 cm³/mol. The Labute approximate surface area is 151 Å². The van der Waals surface area contributed by atoms with Gasteiger partial charge in [-0.2, -0.15) is 0 Å². The summed E-state index contributed by atoms with van der Waals surface area (Å²) in [6.45, 7) is 2.70. The first-order chi connectivity index (χ1) is 12.7. The number of ether oxygens (including phenoxy) is 2. The zero-order chi connectivity index (χ0) is 18.2. The van der Waals surface area contributed by atoms with Gasteiger partial charge < -0.3 is 19.3 Å². The number of halogens is 1. The minimum atomic E-state index is -0.292. The lowest BCUT2D eigenvalue weighted by Crippen LogP contribution is -2.33. The third-order valence-electron chi connectivity index (χ3n) is 4.28. The van der Waals surface area contributed by atoms with Crippen LogP contribution in [0.1, 0.15) is 29.9 Å². The molecule has 2 heterocycles. The highest BCUT2D eigenvalue weighted by Gasteiger charge is 2.15. The second-order valence-electron chi connectivity index (χ2n) is 6.44. The van der Waals surface area contributed by atoms with E-state index in [1.54, 1.807) is 18.2 Å². The van der Waals surface area contributed by atoms with Crippen molar-refractivity contribution in [3.05, 3.63) is 53.2 Å². The molecule has 6 nitrogen and oxygen atoms in total. The Morgan fingerprint density at radius 3 is 2.92 bits per heavy atom. The molecule has 1 aromatic carbocycles. The van der Waals surface area contributed by atoms with Gasteiger partial charge in [-0.15, -0.1) is 0 Å². The lowest BCUT2D eigenvalue weighted by Gasteiger charge is -2.21. The second kappa shape index (κ2) is 9.45. The molecule has 1 fully saturated rings. The molecule has 2 aromatic rings. The molecule has 0 aliphatic carbocycles. The van der Waals surface area contributed by atoms with Crippen molar-refractivity contribution in [2.45, 2.75) is 32.5 Å². The first-order valence-electron chi connectivity index (χ1n) is 8.80. The molecular weight excluding hydrogens is 339 g/mol. The molecule has 3 rings (SSSR count). The predicted octanol–water partition coefficient (Wildman–Crippen LogP) is 2.62. The minimum Gasteiger partial charge on any atom is -0.381 e. The molecule has 1 aliphatic rings. The van der Waals surface area contributed by atoms with E-state index in [0.29, 0.717) is 23.9 Å². The van der Waals surface area contributed by atoms with E-state index in [9.17, 15) is 9.18 Å². The Hall–Kier alpha value is -2.25. The van der Waals surface area contributed by atoms with Gasteiger partial charge in [0.25, 0.3) is 0 Å². The lowest BCUT2D eigenvalue weighted by atomic mass is 10.0. The van der Waals surface area contributed by atoms with E-state index in [0.717, 1.165) is 31.6 Å². The van der Waals surface area contributed by atoms with Crippen LogP contribution < -0.4 is 5.32 Å². The highest BCUT2D eigenvalue weighted by Crippen LogP contribution is 2.13. The Morgan fingerprint density at radius 1 is 1.27 bits per heavy atom. The van der Waals surface area contributed by atoms with Gasteiger partial charge >= 0.3 is 0 Å². The molecular formula is C19H23FN2O4. The van der Waals surface area contributed by atoms with E-state index in [1.807, 2.05) is 0 Å². The Kier molecular flexibility index (Phi) is 6.74. The van der Waals surface area contributed by atoms with Gasteiger partial charge in [0, 0.05) is 25.8 Å². The topological polar surface area (TPSA) is 73.6 Å². The van der Waals surface area contributed by atoms with E-state index in [1.165, 1.54) is 12.1 Å². The van der Waals surface area contributed by atoms with Gasteiger partial charge in [-0.3, -0.25) is 4.79 Å². The molecule has 0 unspecified atom stereocenters. The monoisotopic (exact) mass is 362 g/mol. The fourth-order valence-corrected chi connectivity index (χ4v) is 2.84. The van der Waals surface area contributed by atoms with Gasteiger partial charge in [0.2, 0.25) is 5.91 Å². The molecule has 0 saturated carbocycles. The first kappa shape index (κ1) is 18.5. The number of rotatable bonds is 8. The van der Waals surface area contributed by atoms with Crippen LogP contribution in [0.3, 0.4) is 0 Å². The summed E-state index contributed by atoms with van der Waals surface area (Å²) in [7, 11) is 0. The summed E-state index contributed by atoms with van der Waals surface area (Å²) in [6.07, 6.45) is 2.14. The summed E-state index contributed by atoms with van der Waals surface area (Å²) in [6, 6.07) is 7.95.